The lowest BCUT2D eigenvalue weighted by atomic mass is 9.97. The first-order valence-corrected chi connectivity index (χ1v) is 7.06. The molecule has 2 rings (SSSR count). The number of fused-ring (bicyclic) bond motifs is 1. The van der Waals surface area contributed by atoms with E-state index in [9.17, 15) is 22.8 Å². The maximum Gasteiger partial charge on any atom is 0.471 e. The number of nitrogens with one attached hydrogen (secondary N) is 2. The van der Waals surface area contributed by atoms with Crippen molar-refractivity contribution >= 4 is 22.7 Å². The van der Waals surface area contributed by atoms with Gasteiger partial charge < -0.3 is 10.6 Å². The molecule has 2 amide bonds. The van der Waals surface area contributed by atoms with Gasteiger partial charge in [-0.15, -0.1) is 0 Å². The van der Waals surface area contributed by atoms with Crippen LogP contribution in [0.2, 0.25) is 0 Å². The van der Waals surface area contributed by atoms with Gasteiger partial charge in [-0.1, -0.05) is 25.1 Å². The molecule has 0 radical (unpaired) electrons. The van der Waals surface area contributed by atoms with Crippen LogP contribution in [0.5, 0.6) is 0 Å². The van der Waals surface area contributed by atoms with E-state index in [0.29, 0.717) is 16.5 Å². The van der Waals surface area contributed by atoms with Crippen LogP contribution in [0.4, 0.5) is 13.2 Å². The SMILES string of the molecule is CNC(=O)c1ncnc2c(C(C)CNC(=O)C(F)(F)F)cccc12. The molecule has 128 valence electrons. The molecule has 1 heterocycles. The molecule has 1 atom stereocenters. The van der Waals surface area contributed by atoms with E-state index in [-0.39, 0.29) is 12.2 Å². The summed E-state index contributed by atoms with van der Waals surface area (Å²) in [6.45, 7) is 1.45. The minimum absolute atomic E-state index is 0.177. The number of hydrogen-bond donors (Lipinski definition) is 2. The Kier molecular flexibility index (Phi) is 5.01. The molecule has 1 aromatic heterocycles. The molecule has 24 heavy (non-hydrogen) atoms. The van der Waals surface area contributed by atoms with Crippen molar-refractivity contribution in [3.63, 3.8) is 0 Å². The zero-order valence-corrected chi connectivity index (χ0v) is 12.9. The van der Waals surface area contributed by atoms with E-state index in [1.165, 1.54) is 13.4 Å². The van der Waals surface area contributed by atoms with Crippen molar-refractivity contribution < 1.29 is 22.8 Å². The van der Waals surface area contributed by atoms with Gasteiger partial charge in [0.2, 0.25) is 0 Å². The maximum absolute atomic E-state index is 12.3. The lowest BCUT2D eigenvalue weighted by Gasteiger charge is -2.16. The summed E-state index contributed by atoms with van der Waals surface area (Å²) < 4.78 is 36.8. The van der Waals surface area contributed by atoms with Crippen molar-refractivity contribution in [2.24, 2.45) is 0 Å². The molecular weight excluding hydrogens is 325 g/mol. The Labute approximate surface area is 135 Å². The standard InChI is InChI=1S/C15H15F3N4O2/c1-8(6-20-14(24)15(16,17)18)9-4-3-5-10-11(9)21-7-22-12(10)13(23)19-2/h3-5,7-8H,6H2,1-2H3,(H,19,23)(H,20,24). The van der Waals surface area contributed by atoms with Crippen LogP contribution < -0.4 is 10.6 Å². The molecule has 0 fully saturated rings. The number of aromatic nitrogens is 2. The molecule has 0 saturated heterocycles. The average molecular weight is 340 g/mol. The molecule has 0 aliphatic rings. The number of carbonyl (C=O) groups excluding carboxylic acids is 2. The highest BCUT2D eigenvalue weighted by molar-refractivity contribution is 6.04. The van der Waals surface area contributed by atoms with Crippen molar-refractivity contribution in [2.45, 2.75) is 19.0 Å². The number of para-hydroxylation sites is 1. The molecule has 6 nitrogen and oxygen atoms in total. The van der Waals surface area contributed by atoms with Crippen molar-refractivity contribution in [1.82, 2.24) is 20.6 Å². The second kappa shape index (κ2) is 6.81. The monoisotopic (exact) mass is 340 g/mol. The summed E-state index contributed by atoms with van der Waals surface area (Å²) in [5, 5.41) is 4.80. The highest BCUT2D eigenvalue weighted by Gasteiger charge is 2.38. The molecule has 2 aromatic rings. The highest BCUT2D eigenvalue weighted by atomic mass is 19.4. The minimum Gasteiger partial charge on any atom is -0.354 e. The minimum atomic E-state index is -4.92. The number of nitrogens with zero attached hydrogens (tertiary/aromatic N) is 2. The number of rotatable bonds is 4. The van der Waals surface area contributed by atoms with Crippen molar-refractivity contribution in [2.75, 3.05) is 13.6 Å². The molecule has 0 aliphatic carbocycles. The first-order valence-electron chi connectivity index (χ1n) is 7.06. The molecule has 0 saturated carbocycles. The van der Waals surface area contributed by atoms with Gasteiger partial charge >= 0.3 is 12.1 Å². The second-order valence-corrected chi connectivity index (χ2v) is 5.15. The fourth-order valence-corrected chi connectivity index (χ4v) is 2.26. The normalized spacial score (nSPS) is 12.7. The number of carbonyl (C=O) groups is 2. The van der Waals surface area contributed by atoms with Gasteiger partial charge in [0.15, 0.2) is 0 Å². The second-order valence-electron chi connectivity index (χ2n) is 5.15. The molecule has 9 heteroatoms. The third-order valence-corrected chi connectivity index (χ3v) is 3.50. The zero-order chi connectivity index (χ0) is 17.9. The van der Waals surface area contributed by atoms with E-state index in [0.717, 1.165) is 0 Å². The van der Waals surface area contributed by atoms with Gasteiger partial charge in [0.05, 0.1) is 5.52 Å². The average Bonchev–Trinajstić information content (AvgIpc) is 2.56. The van der Waals surface area contributed by atoms with E-state index in [4.69, 9.17) is 0 Å². The van der Waals surface area contributed by atoms with Gasteiger partial charge in [0, 0.05) is 24.9 Å². The van der Waals surface area contributed by atoms with E-state index < -0.39 is 23.9 Å². The molecular formula is C15H15F3N4O2. The van der Waals surface area contributed by atoms with Gasteiger partial charge in [0.1, 0.15) is 12.0 Å². The number of hydrogen-bond acceptors (Lipinski definition) is 4. The van der Waals surface area contributed by atoms with Crippen LogP contribution in [0, 0.1) is 0 Å². The zero-order valence-electron chi connectivity index (χ0n) is 12.9. The molecule has 0 aliphatic heterocycles. The number of alkyl halides is 3. The lowest BCUT2D eigenvalue weighted by molar-refractivity contribution is -0.173. The molecule has 2 N–H and O–H groups in total. The predicted molar refractivity (Wildman–Crippen MR) is 80.4 cm³/mol. The summed E-state index contributed by atoms with van der Waals surface area (Å²) in [6.07, 6.45) is -3.70. The predicted octanol–water partition coefficient (Wildman–Crippen LogP) is 1.77. The van der Waals surface area contributed by atoms with Crippen LogP contribution in [-0.2, 0) is 4.79 Å². The van der Waals surface area contributed by atoms with Crippen LogP contribution in [-0.4, -0.2) is 41.6 Å². The molecule has 1 aromatic carbocycles. The Morgan fingerprint density at radius 3 is 2.58 bits per heavy atom. The molecule has 0 spiro atoms. The van der Waals surface area contributed by atoms with Crippen LogP contribution in [0.25, 0.3) is 10.9 Å². The summed E-state index contributed by atoms with van der Waals surface area (Å²) in [6, 6.07) is 5.01. The van der Waals surface area contributed by atoms with Gasteiger partial charge in [-0.25, -0.2) is 9.97 Å². The Bertz CT molecular complexity index is 777. The van der Waals surface area contributed by atoms with Gasteiger partial charge in [-0.2, -0.15) is 13.2 Å². The third-order valence-electron chi connectivity index (χ3n) is 3.50. The highest BCUT2D eigenvalue weighted by Crippen LogP contribution is 2.25. The van der Waals surface area contributed by atoms with E-state index in [1.807, 2.05) is 5.32 Å². The quantitative estimate of drug-likeness (QED) is 0.888. The first kappa shape index (κ1) is 17.6. The van der Waals surface area contributed by atoms with Crippen LogP contribution in [0.3, 0.4) is 0 Å². The molecule has 0 bridgehead atoms. The van der Waals surface area contributed by atoms with Gasteiger partial charge in [0.25, 0.3) is 5.91 Å². The maximum atomic E-state index is 12.3. The van der Waals surface area contributed by atoms with E-state index in [1.54, 1.807) is 25.1 Å². The number of halogens is 3. The Morgan fingerprint density at radius 2 is 1.96 bits per heavy atom. The first-order chi connectivity index (χ1) is 11.3. The lowest BCUT2D eigenvalue weighted by Crippen LogP contribution is -2.38. The summed E-state index contributed by atoms with van der Waals surface area (Å²) in [5.74, 6) is -2.82. The van der Waals surface area contributed by atoms with Crippen LogP contribution >= 0.6 is 0 Å². The number of benzene rings is 1. The third kappa shape index (κ3) is 3.61. The largest absolute Gasteiger partial charge is 0.471 e. The van der Waals surface area contributed by atoms with Crippen molar-refractivity contribution in [3.8, 4) is 0 Å². The summed E-state index contributed by atoms with van der Waals surface area (Å²) in [4.78, 5) is 30.9. The fourth-order valence-electron chi connectivity index (χ4n) is 2.26. The van der Waals surface area contributed by atoms with Gasteiger partial charge in [-0.05, 0) is 5.56 Å². The van der Waals surface area contributed by atoms with Gasteiger partial charge in [-0.3, -0.25) is 9.59 Å². The molecule has 1 unspecified atom stereocenters. The summed E-state index contributed by atoms with van der Waals surface area (Å²) in [7, 11) is 1.47. The van der Waals surface area contributed by atoms with Crippen LogP contribution in [0.1, 0.15) is 28.9 Å². The Balaban J connectivity index is 2.32. The van der Waals surface area contributed by atoms with Crippen LogP contribution in [0.15, 0.2) is 24.5 Å². The fraction of sp³-hybridized carbons (Fsp3) is 0.333. The van der Waals surface area contributed by atoms with E-state index >= 15 is 0 Å². The summed E-state index contributed by atoms with van der Waals surface area (Å²) in [5.41, 5.74) is 1.25. The number of amides is 2. The Hall–Kier alpha value is -2.71. The van der Waals surface area contributed by atoms with Crippen molar-refractivity contribution in [1.29, 1.82) is 0 Å². The van der Waals surface area contributed by atoms with E-state index in [2.05, 4.69) is 15.3 Å². The van der Waals surface area contributed by atoms with Crippen molar-refractivity contribution in [3.05, 3.63) is 35.8 Å². The summed E-state index contributed by atoms with van der Waals surface area (Å²) >= 11 is 0. The topological polar surface area (TPSA) is 84.0 Å². The smallest absolute Gasteiger partial charge is 0.354 e. The Morgan fingerprint density at radius 1 is 1.25 bits per heavy atom.